The average Bonchev–Trinajstić information content (AvgIpc) is 2.44. The van der Waals surface area contributed by atoms with Gasteiger partial charge in [-0.1, -0.05) is 36.4 Å². The molecule has 0 atom stereocenters. The summed E-state index contributed by atoms with van der Waals surface area (Å²) in [4.78, 5) is 0. The van der Waals surface area contributed by atoms with Gasteiger partial charge < -0.3 is 4.74 Å². The Kier molecular flexibility index (Phi) is 3.33. The zero-order valence-electron chi connectivity index (χ0n) is 10.6. The van der Waals surface area contributed by atoms with E-state index >= 15 is 0 Å². The number of benzene rings is 3. The van der Waals surface area contributed by atoms with Crippen LogP contribution >= 0.6 is 0 Å². The summed E-state index contributed by atoms with van der Waals surface area (Å²) >= 11 is 0. The van der Waals surface area contributed by atoms with Gasteiger partial charge in [-0.25, -0.2) is 8.78 Å². The van der Waals surface area contributed by atoms with E-state index in [9.17, 15) is 8.78 Å². The summed E-state index contributed by atoms with van der Waals surface area (Å²) in [6.45, 7) is 0.128. The molecule has 0 amide bonds. The van der Waals surface area contributed by atoms with Crippen LogP contribution in [0.5, 0.6) is 5.75 Å². The van der Waals surface area contributed by atoms with Crippen molar-refractivity contribution in [1.82, 2.24) is 0 Å². The summed E-state index contributed by atoms with van der Waals surface area (Å²) in [5.74, 6) is -0.490. The summed E-state index contributed by atoms with van der Waals surface area (Å²) < 4.78 is 31.9. The maximum absolute atomic E-state index is 13.1. The molecule has 0 radical (unpaired) electrons. The highest BCUT2D eigenvalue weighted by atomic mass is 19.1. The van der Waals surface area contributed by atoms with Gasteiger partial charge in [-0.15, -0.1) is 0 Å². The summed E-state index contributed by atoms with van der Waals surface area (Å²) in [6.07, 6.45) is 0. The third-order valence-corrected chi connectivity index (χ3v) is 3.07. The Morgan fingerprint density at radius 2 is 1.50 bits per heavy atom. The molecule has 3 heteroatoms. The molecular formula is C17H12F2O. The molecule has 1 nitrogen and oxygen atoms in total. The van der Waals surface area contributed by atoms with Crippen LogP contribution in [-0.4, -0.2) is 0 Å². The first-order chi connectivity index (χ1) is 9.72. The highest BCUT2D eigenvalue weighted by Gasteiger charge is 2.04. The predicted molar refractivity (Wildman–Crippen MR) is 74.6 cm³/mol. The minimum Gasteiger partial charge on any atom is -0.488 e. The smallest absolute Gasteiger partial charge is 0.127 e. The SMILES string of the molecule is Fc1cc(F)cc(COc2cccc3ccccc23)c1. The molecule has 0 saturated carbocycles. The molecule has 0 aliphatic carbocycles. The molecule has 0 fully saturated rings. The minimum absolute atomic E-state index is 0.128. The molecule has 100 valence electrons. The number of halogens is 2. The molecule has 0 aliphatic rings. The quantitative estimate of drug-likeness (QED) is 0.670. The van der Waals surface area contributed by atoms with Crippen molar-refractivity contribution in [2.45, 2.75) is 6.61 Å². The number of rotatable bonds is 3. The van der Waals surface area contributed by atoms with E-state index in [0.717, 1.165) is 16.8 Å². The van der Waals surface area contributed by atoms with Crippen LogP contribution in [0.4, 0.5) is 8.78 Å². The highest BCUT2D eigenvalue weighted by molar-refractivity contribution is 5.88. The molecule has 3 aromatic rings. The van der Waals surface area contributed by atoms with Gasteiger partial charge in [0.25, 0.3) is 0 Å². The number of hydrogen-bond donors (Lipinski definition) is 0. The third kappa shape index (κ3) is 2.62. The van der Waals surface area contributed by atoms with Crippen LogP contribution in [0.1, 0.15) is 5.56 Å². The molecule has 20 heavy (non-hydrogen) atoms. The molecule has 0 aliphatic heterocycles. The maximum Gasteiger partial charge on any atom is 0.127 e. The molecule has 3 aromatic carbocycles. The molecule has 0 unspecified atom stereocenters. The Balaban J connectivity index is 1.87. The largest absolute Gasteiger partial charge is 0.488 e. The first kappa shape index (κ1) is 12.6. The van der Waals surface area contributed by atoms with Crippen LogP contribution in [0.15, 0.2) is 60.7 Å². The molecule has 0 spiro atoms. The van der Waals surface area contributed by atoms with Crippen molar-refractivity contribution in [2.75, 3.05) is 0 Å². The molecule has 0 N–H and O–H groups in total. The van der Waals surface area contributed by atoms with Crippen LogP contribution in [0.25, 0.3) is 10.8 Å². The first-order valence-corrected chi connectivity index (χ1v) is 6.28. The second-order valence-electron chi connectivity index (χ2n) is 4.54. The lowest BCUT2D eigenvalue weighted by atomic mass is 10.1. The Morgan fingerprint density at radius 1 is 0.800 bits per heavy atom. The Labute approximate surface area is 115 Å². The normalized spacial score (nSPS) is 10.7. The molecule has 0 aromatic heterocycles. The number of ether oxygens (including phenoxy) is 1. The minimum atomic E-state index is -0.596. The first-order valence-electron chi connectivity index (χ1n) is 6.28. The van der Waals surface area contributed by atoms with Crippen molar-refractivity contribution >= 4 is 10.8 Å². The van der Waals surface area contributed by atoms with Crippen molar-refractivity contribution in [1.29, 1.82) is 0 Å². The van der Waals surface area contributed by atoms with E-state index in [1.807, 2.05) is 42.5 Å². The van der Waals surface area contributed by atoms with E-state index in [1.54, 1.807) is 0 Å². The Morgan fingerprint density at radius 3 is 2.30 bits per heavy atom. The van der Waals surface area contributed by atoms with Crippen molar-refractivity contribution < 1.29 is 13.5 Å². The van der Waals surface area contributed by atoms with Crippen LogP contribution in [0.3, 0.4) is 0 Å². The molecule has 0 heterocycles. The van der Waals surface area contributed by atoms with Gasteiger partial charge >= 0.3 is 0 Å². The fourth-order valence-electron chi connectivity index (χ4n) is 2.18. The molecule has 0 saturated heterocycles. The zero-order chi connectivity index (χ0) is 13.9. The van der Waals surface area contributed by atoms with E-state index in [4.69, 9.17) is 4.74 Å². The van der Waals surface area contributed by atoms with E-state index < -0.39 is 11.6 Å². The third-order valence-electron chi connectivity index (χ3n) is 3.07. The van der Waals surface area contributed by atoms with E-state index in [-0.39, 0.29) is 6.61 Å². The van der Waals surface area contributed by atoms with Gasteiger partial charge in [0.1, 0.15) is 24.0 Å². The summed E-state index contributed by atoms with van der Waals surface area (Å²) in [6, 6.07) is 16.9. The van der Waals surface area contributed by atoms with Gasteiger partial charge in [0.2, 0.25) is 0 Å². The second-order valence-corrected chi connectivity index (χ2v) is 4.54. The molecule has 3 rings (SSSR count). The summed E-state index contributed by atoms with van der Waals surface area (Å²) in [5.41, 5.74) is 0.468. The number of hydrogen-bond acceptors (Lipinski definition) is 1. The predicted octanol–water partition coefficient (Wildman–Crippen LogP) is 4.70. The van der Waals surface area contributed by atoms with Crippen LogP contribution in [-0.2, 0) is 6.61 Å². The van der Waals surface area contributed by atoms with E-state index in [1.165, 1.54) is 12.1 Å². The van der Waals surface area contributed by atoms with Gasteiger partial charge in [0.05, 0.1) is 0 Å². The summed E-state index contributed by atoms with van der Waals surface area (Å²) in [5, 5.41) is 2.04. The Hall–Kier alpha value is -2.42. The summed E-state index contributed by atoms with van der Waals surface area (Å²) in [7, 11) is 0. The maximum atomic E-state index is 13.1. The second kappa shape index (κ2) is 5.29. The monoisotopic (exact) mass is 270 g/mol. The van der Waals surface area contributed by atoms with Gasteiger partial charge in [-0.3, -0.25) is 0 Å². The molecular weight excluding hydrogens is 258 g/mol. The van der Waals surface area contributed by atoms with Crippen LogP contribution < -0.4 is 4.74 Å². The fourth-order valence-corrected chi connectivity index (χ4v) is 2.18. The van der Waals surface area contributed by atoms with Gasteiger partial charge in [0.15, 0.2) is 0 Å². The lowest BCUT2D eigenvalue weighted by Gasteiger charge is -2.09. The average molecular weight is 270 g/mol. The van der Waals surface area contributed by atoms with Crippen LogP contribution in [0.2, 0.25) is 0 Å². The standard InChI is InChI=1S/C17H12F2O/c18-14-8-12(9-15(19)10-14)11-20-17-7-3-5-13-4-1-2-6-16(13)17/h1-10H,11H2. The van der Waals surface area contributed by atoms with Gasteiger partial charge in [-0.2, -0.15) is 0 Å². The Bertz CT molecular complexity index is 727. The van der Waals surface area contributed by atoms with Gasteiger partial charge in [-0.05, 0) is 29.1 Å². The van der Waals surface area contributed by atoms with Crippen molar-refractivity contribution in [3.8, 4) is 5.75 Å². The van der Waals surface area contributed by atoms with Crippen molar-refractivity contribution in [2.24, 2.45) is 0 Å². The number of fused-ring (bicyclic) bond motifs is 1. The topological polar surface area (TPSA) is 9.23 Å². The van der Waals surface area contributed by atoms with E-state index in [2.05, 4.69) is 0 Å². The lowest BCUT2D eigenvalue weighted by Crippen LogP contribution is -1.97. The zero-order valence-corrected chi connectivity index (χ0v) is 10.6. The van der Waals surface area contributed by atoms with Crippen molar-refractivity contribution in [3.05, 3.63) is 77.9 Å². The van der Waals surface area contributed by atoms with Gasteiger partial charge in [0, 0.05) is 11.5 Å². The fraction of sp³-hybridized carbons (Fsp3) is 0.0588. The van der Waals surface area contributed by atoms with E-state index in [0.29, 0.717) is 11.3 Å². The lowest BCUT2D eigenvalue weighted by molar-refractivity contribution is 0.308. The van der Waals surface area contributed by atoms with Crippen molar-refractivity contribution in [3.63, 3.8) is 0 Å². The van der Waals surface area contributed by atoms with Crippen LogP contribution in [0, 0.1) is 11.6 Å². The molecule has 0 bridgehead atoms. The highest BCUT2D eigenvalue weighted by Crippen LogP contribution is 2.26.